The number of nitrogens with one attached hydrogen (secondary N) is 2. The minimum absolute atomic E-state index is 0. The number of nitrogens with two attached hydrogens (primary N) is 1. The van der Waals surface area contributed by atoms with Gasteiger partial charge in [-0.25, -0.2) is 4.79 Å². The van der Waals surface area contributed by atoms with Gasteiger partial charge < -0.3 is 30.6 Å². The first kappa shape index (κ1) is 35.2. The molecule has 2 amide bonds. The fourth-order valence-electron chi connectivity index (χ4n) is 3.24. The molecule has 0 aliphatic carbocycles. The Balaban J connectivity index is 0.0000144. The molecule has 3 atom stereocenters. The molecule has 4 N–H and O–H groups in total. The predicted molar refractivity (Wildman–Crippen MR) is 140 cm³/mol. The van der Waals surface area contributed by atoms with Gasteiger partial charge in [0, 0.05) is 25.0 Å². The first-order valence-electron chi connectivity index (χ1n) is 12.1. The molecule has 39 heavy (non-hydrogen) atoms. The van der Waals surface area contributed by atoms with Gasteiger partial charge >= 0.3 is 17.9 Å². The van der Waals surface area contributed by atoms with E-state index in [1.54, 1.807) is 20.8 Å². The molecule has 1 aromatic carbocycles. The second kappa shape index (κ2) is 18.5. The Bertz CT molecular complexity index is 990. The van der Waals surface area contributed by atoms with Gasteiger partial charge in [-0.05, 0) is 39.2 Å². The lowest BCUT2D eigenvalue weighted by Gasteiger charge is -2.23. The second-order valence-electron chi connectivity index (χ2n) is 7.89. The maximum atomic E-state index is 13.1. The molecule has 14 nitrogen and oxygen atoms in total. The molecule has 1 rings (SSSR count). The molecule has 3 unspecified atom stereocenters. The van der Waals surface area contributed by atoms with Crippen LogP contribution < -0.4 is 16.4 Å². The van der Waals surface area contributed by atoms with Crippen LogP contribution in [0, 0.1) is 10.1 Å². The molecule has 15 heteroatoms. The third kappa shape index (κ3) is 12.5. The highest BCUT2D eigenvalue weighted by molar-refractivity contribution is 5.92. The Kier molecular flexibility index (Phi) is 16.7. The van der Waals surface area contributed by atoms with Crippen LogP contribution in [-0.2, 0) is 38.2 Å². The van der Waals surface area contributed by atoms with Crippen molar-refractivity contribution in [2.45, 2.75) is 64.6 Å². The van der Waals surface area contributed by atoms with E-state index in [9.17, 15) is 34.1 Å². The summed E-state index contributed by atoms with van der Waals surface area (Å²) in [5.41, 5.74) is 6.04. The number of amides is 2. The van der Waals surface area contributed by atoms with Crippen LogP contribution in [0.1, 0.15) is 58.1 Å². The molecular weight excluding hydrogens is 540 g/mol. The Morgan fingerprint density at radius 3 is 1.74 bits per heavy atom. The molecule has 1 aromatic rings. The zero-order valence-electron chi connectivity index (χ0n) is 22.0. The SMILES string of the molecule is CCOC(=O)CCC(NC(=O)C(N)c1ccc([N+](=O)[O-])cc1)C(=O)NC(CCC(=O)OCC)C(=O)OCC.Cl. The molecule has 0 aliphatic rings. The van der Waals surface area contributed by atoms with E-state index in [0.29, 0.717) is 0 Å². The molecule has 218 valence electrons. The average molecular weight is 575 g/mol. The van der Waals surface area contributed by atoms with Gasteiger partial charge in [-0.3, -0.25) is 29.3 Å². The Morgan fingerprint density at radius 2 is 1.28 bits per heavy atom. The molecule has 0 saturated heterocycles. The Hall–Kier alpha value is -3.78. The van der Waals surface area contributed by atoms with E-state index in [1.165, 1.54) is 24.3 Å². The number of rotatable bonds is 16. The highest BCUT2D eigenvalue weighted by Crippen LogP contribution is 2.17. The number of hydrogen-bond acceptors (Lipinski definition) is 11. The van der Waals surface area contributed by atoms with Crippen molar-refractivity contribution < 1.29 is 43.1 Å². The van der Waals surface area contributed by atoms with Crippen LogP contribution >= 0.6 is 12.4 Å². The lowest BCUT2D eigenvalue weighted by molar-refractivity contribution is -0.384. The number of carbonyl (C=O) groups is 5. The van der Waals surface area contributed by atoms with Gasteiger partial charge in [0.1, 0.15) is 18.1 Å². The van der Waals surface area contributed by atoms with Crippen LogP contribution in [0.5, 0.6) is 0 Å². The van der Waals surface area contributed by atoms with Crippen LogP contribution in [0.2, 0.25) is 0 Å². The van der Waals surface area contributed by atoms with Crippen LogP contribution in [0.3, 0.4) is 0 Å². The fourth-order valence-corrected chi connectivity index (χ4v) is 3.24. The highest BCUT2D eigenvalue weighted by Gasteiger charge is 2.30. The molecule has 0 radical (unpaired) electrons. The van der Waals surface area contributed by atoms with Crippen LogP contribution in [0.4, 0.5) is 5.69 Å². The standard InChI is InChI=1S/C24H34N4O10.ClH/c1-4-36-19(29)13-11-17(26-23(32)21(25)15-7-9-16(10-8-15)28(34)35)22(31)27-18(24(33)38-6-3)12-14-20(30)37-5-2;/h7-10,17-18,21H,4-6,11-14,25H2,1-3H3,(H,26,32)(H,27,31);1H. The predicted octanol–water partition coefficient (Wildman–Crippen LogP) is 1.24. The van der Waals surface area contributed by atoms with Gasteiger partial charge in [-0.2, -0.15) is 0 Å². The summed E-state index contributed by atoms with van der Waals surface area (Å²) >= 11 is 0. The summed E-state index contributed by atoms with van der Waals surface area (Å²) in [6.07, 6.45) is -0.713. The minimum Gasteiger partial charge on any atom is -0.466 e. The van der Waals surface area contributed by atoms with Crippen molar-refractivity contribution >= 4 is 47.8 Å². The number of nitrogens with zero attached hydrogens (tertiary/aromatic N) is 1. The lowest BCUT2D eigenvalue weighted by atomic mass is 10.0. The van der Waals surface area contributed by atoms with E-state index in [2.05, 4.69) is 10.6 Å². The lowest BCUT2D eigenvalue weighted by Crippen LogP contribution is -2.53. The maximum Gasteiger partial charge on any atom is 0.328 e. The number of benzene rings is 1. The monoisotopic (exact) mass is 574 g/mol. The molecule has 0 spiro atoms. The van der Waals surface area contributed by atoms with E-state index < -0.39 is 52.8 Å². The van der Waals surface area contributed by atoms with E-state index >= 15 is 0 Å². The zero-order chi connectivity index (χ0) is 28.7. The summed E-state index contributed by atoms with van der Waals surface area (Å²) in [7, 11) is 0. The minimum atomic E-state index is -1.31. The summed E-state index contributed by atoms with van der Waals surface area (Å²) in [6.45, 7) is 5.10. The average Bonchev–Trinajstić information content (AvgIpc) is 2.88. The van der Waals surface area contributed by atoms with Gasteiger partial charge in [-0.1, -0.05) is 12.1 Å². The largest absolute Gasteiger partial charge is 0.466 e. The van der Waals surface area contributed by atoms with Crippen LogP contribution in [0.15, 0.2) is 24.3 Å². The normalized spacial score (nSPS) is 12.5. The third-order valence-corrected chi connectivity index (χ3v) is 5.15. The number of hydrogen-bond donors (Lipinski definition) is 3. The molecular formula is C24H35ClN4O10. The van der Waals surface area contributed by atoms with Crippen molar-refractivity contribution in [2.75, 3.05) is 19.8 Å². The number of halogens is 1. The van der Waals surface area contributed by atoms with Crippen molar-refractivity contribution in [3.05, 3.63) is 39.9 Å². The van der Waals surface area contributed by atoms with Gasteiger partial charge in [0.25, 0.3) is 5.69 Å². The van der Waals surface area contributed by atoms with E-state index in [-0.39, 0.29) is 69.2 Å². The molecule has 0 aromatic heterocycles. The van der Waals surface area contributed by atoms with E-state index in [4.69, 9.17) is 19.9 Å². The van der Waals surface area contributed by atoms with Gasteiger partial charge in [0.05, 0.1) is 24.7 Å². The fraction of sp³-hybridized carbons (Fsp3) is 0.542. The van der Waals surface area contributed by atoms with Crippen molar-refractivity contribution in [3.63, 3.8) is 0 Å². The first-order valence-corrected chi connectivity index (χ1v) is 12.1. The molecule has 0 bridgehead atoms. The molecule has 0 fully saturated rings. The summed E-state index contributed by atoms with van der Waals surface area (Å²) in [4.78, 5) is 72.2. The maximum absolute atomic E-state index is 13.1. The summed E-state index contributed by atoms with van der Waals surface area (Å²) in [5.74, 6) is -3.59. The number of nitro groups is 1. The third-order valence-electron chi connectivity index (χ3n) is 5.15. The van der Waals surface area contributed by atoms with Crippen LogP contribution in [0.25, 0.3) is 0 Å². The zero-order valence-corrected chi connectivity index (χ0v) is 22.8. The number of non-ortho nitro benzene ring substituents is 1. The first-order chi connectivity index (χ1) is 18.0. The van der Waals surface area contributed by atoms with Gasteiger partial charge in [0.15, 0.2) is 0 Å². The number of nitro benzene ring substituents is 1. The number of esters is 3. The summed E-state index contributed by atoms with van der Waals surface area (Å²) < 4.78 is 14.7. The molecule has 0 saturated carbocycles. The van der Waals surface area contributed by atoms with Gasteiger partial charge in [-0.15, -0.1) is 12.4 Å². The van der Waals surface area contributed by atoms with Crippen molar-refractivity contribution in [1.29, 1.82) is 0 Å². The Labute approximate surface area is 231 Å². The van der Waals surface area contributed by atoms with Crippen molar-refractivity contribution in [2.24, 2.45) is 5.73 Å². The topological polar surface area (TPSA) is 206 Å². The van der Waals surface area contributed by atoms with Crippen LogP contribution in [-0.4, -0.2) is 66.5 Å². The quantitative estimate of drug-likeness (QED) is 0.111. The Morgan fingerprint density at radius 1 is 0.821 bits per heavy atom. The summed E-state index contributed by atoms with van der Waals surface area (Å²) in [6, 6.07) is 1.15. The smallest absolute Gasteiger partial charge is 0.328 e. The highest BCUT2D eigenvalue weighted by atomic mass is 35.5. The van der Waals surface area contributed by atoms with Crippen molar-refractivity contribution in [3.8, 4) is 0 Å². The van der Waals surface area contributed by atoms with E-state index in [1.807, 2.05) is 0 Å². The van der Waals surface area contributed by atoms with E-state index in [0.717, 1.165) is 0 Å². The van der Waals surface area contributed by atoms with Gasteiger partial charge in [0.2, 0.25) is 11.8 Å². The molecule has 0 heterocycles. The number of ether oxygens (including phenoxy) is 3. The van der Waals surface area contributed by atoms with Crippen molar-refractivity contribution in [1.82, 2.24) is 10.6 Å². The second-order valence-corrected chi connectivity index (χ2v) is 7.89. The molecule has 0 aliphatic heterocycles. The number of carbonyl (C=O) groups excluding carboxylic acids is 5. The summed E-state index contributed by atoms with van der Waals surface area (Å²) in [5, 5.41) is 15.8.